The van der Waals surface area contributed by atoms with Gasteiger partial charge in [-0.05, 0) is 30.2 Å². The molecule has 2 aromatic rings. The second-order valence-electron chi connectivity index (χ2n) is 6.71. The molecular formula is C18H17N3O7S. The highest BCUT2D eigenvalue weighted by Gasteiger charge is 2.32. The maximum absolute atomic E-state index is 12.4. The lowest BCUT2D eigenvalue weighted by molar-refractivity contribution is -0.384. The van der Waals surface area contributed by atoms with Crippen LogP contribution in [-0.2, 0) is 14.8 Å². The number of nitrogens with zero attached hydrogens (tertiary/aromatic N) is 2. The summed E-state index contributed by atoms with van der Waals surface area (Å²) in [6, 6.07) is 9.84. The number of rotatable bonds is 6. The maximum atomic E-state index is 12.4. The minimum Gasteiger partial charge on any atom is -0.454 e. The summed E-state index contributed by atoms with van der Waals surface area (Å²) in [6.45, 7) is 0.577. The number of nitro benzene ring substituents is 1. The molecule has 1 unspecified atom stereocenters. The Morgan fingerprint density at radius 3 is 2.59 bits per heavy atom. The van der Waals surface area contributed by atoms with Gasteiger partial charge in [0.05, 0.1) is 9.82 Å². The van der Waals surface area contributed by atoms with E-state index in [9.17, 15) is 23.3 Å². The standard InChI is InChI=1S/C18H17N3O7S/c22-18-7-12(10-20(18)14-3-6-16-17(8-14)28-11-27-16)9-19-29(25,26)15-4-1-13(2-5-15)21(23)24/h1-6,8,12,19H,7,9-11H2. The lowest BCUT2D eigenvalue weighted by Crippen LogP contribution is -2.31. The third-order valence-electron chi connectivity index (χ3n) is 4.79. The number of anilines is 1. The lowest BCUT2D eigenvalue weighted by Gasteiger charge is -2.17. The summed E-state index contributed by atoms with van der Waals surface area (Å²) < 4.78 is 37.9. The third-order valence-corrected chi connectivity index (χ3v) is 6.23. The molecule has 2 aliphatic rings. The molecule has 0 bridgehead atoms. The van der Waals surface area contributed by atoms with Gasteiger partial charge in [-0.25, -0.2) is 13.1 Å². The number of hydrogen-bond donors (Lipinski definition) is 1. The third kappa shape index (κ3) is 3.87. The van der Waals surface area contributed by atoms with E-state index in [2.05, 4.69) is 4.72 Å². The number of nitro groups is 1. The highest BCUT2D eigenvalue weighted by atomic mass is 32.2. The van der Waals surface area contributed by atoms with Crippen LogP contribution in [-0.4, -0.2) is 39.1 Å². The van der Waals surface area contributed by atoms with Crippen LogP contribution in [0, 0.1) is 16.0 Å². The second-order valence-corrected chi connectivity index (χ2v) is 8.48. The molecule has 0 radical (unpaired) electrons. The minimum absolute atomic E-state index is 0.0694. The van der Waals surface area contributed by atoms with Gasteiger partial charge in [0.2, 0.25) is 22.7 Å². The van der Waals surface area contributed by atoms with Crippen molar-refractivity contribution in [2.45, 2.75) is 11.3 Å². The van der Waals surface area contributed by atoms with Crippen molar-refractivity contribution in [2.24, 2.45) is 5.92 Å². The van der Waals surface area contributed by atoms with Crippen molar-refractivity contribution in [1.29, 1.82) is 0 Å². The first-order valence-corrected chi connectivity index (χ1v) is 10.3. The molecule has 1 amide bonds. The largest absolute Gasteiger partial charge is 0.454 e. The van der Waals surface area contributed by atoms with Gasteiger partial charge in [0.1, 0.15) is 0 Å². The van der Waals surface area contributed by atoms with Crippen molar-refractivity contribution in [3.63, 3.8) is 0 Å². The van der Waals surface area contributed by atoms with Crippen LogP contribution in [0.2, 0.25) is 0 Å². The van der Waals surface area contributed by atoms with Crippen LogP contribution in [0.15, 0.2) is 47.4 Å². The fourth-order valence-corrected chi connectivity index (χ4v) is 4.40. The summed E-state index contributed by atoms with van der Waals surface area (Å²) in [5, 5.41) is 10.7. The van der Waals surface area contributed by atoms with E-state index in [1.165, 1.54) is 12.1 Å². The van der Waals surface area contributed by atoms with Crippen molar-refractivity contribution in [1.82, 2.24) is 4.72 Å². The van der Waals surface area contributed by atoms with Crippen LogP contribution in [0.3, 0.4) is 0 Å². The molecule has 0 aromatic heterocycles. The topological polar surface area (TPSA) is 128 Å². The first kappa shape index (κ1) is 19.2. The molecule has 0 aliphatic carbocycles. The average molecular weight is 419 g/mol. The van der Waals surface area contributed by atoms with Gasteiger partial charge in [0.25, 0.3) is 5.69 Å². The molecule has 0 spiro atoms. The summed E-state index contributed by atoms with van der Waals surface area (Å²) in [5.41, 5.74) is 0.477. The van der Waals surface area contributed by atoms with E-state index in [1.54, 1.807) is 23.1 Å². The SMILES string of the molecule is O=C1CC(CNS(=O)(=O)c2ccc([N+](=O)[O-])cc2)CN1c1ccc2c(c1)OCO2. The molecule has 1 N–H and O–H groups in total. The van der Waals surface area contributed by atoms with E-state index in [4.69, 9.17) is 9.47 Å². The van der Waals surface area contributed by atoms with Gasteiger partial charge in [-0.3, -0.25) is 14.9 Å². The molecule has 2 heterocycles. The quantitative estimate of drug-likeness (QED) is 0.557. The molecule has 4 rings (SSSR count). The normalized spacial score (nSPS) is 18.3. The fourth-order valence-electron chi connectivity index (χ4n) is 3.28. The molecule has 1 atom stereocenters. The van der Waals surface area contributed by atoms with E-state index >= 15 is 0 Å². The first-order valence-electron chi connectivity index (χ1n) is 8.77. The Labute approximate surface area is 166 Å². The van der Waals surface area contributed by atoms with Gasteiger partial charge >= 0.3 is 0 Å². The molecule has 0 saturated carbocycles. The van der Waals surface area contributed by atoms with E-state index in [0.29, 0.717) is 23.7 Å². The highest BCUT2D eigenvalue weighted by molar-refractivity contribution is 7.89. The Morgan fingerprint density at radius 2 is 1.86 bits per heavy atom. The van der Waals surface area contributed by atoms with Gasteiger partial charge in [-0.1, -0.05) is 0 Å². The summed E-state index contributed by atoms with van der Waals surface area (Å²) >= 11 is 0. The lowest BCUT2D eigenvalue weighted by atomic mass is 10.1. The Kier molecular flexibility index (Phi) is 4.84. The molecule has 1 saturated heterocycles. The number of hydrogen-bond acceptors (Lipinski definition) is 7. The molecule has 2 aromatic carbocycles. The van der Waals surface area contributed by atoms with Crippen molar-refractivity contribution in [3.05, 3.63) is 52.6 Å². The first-order chi connectivity index (χ1) is 13.8. The zero-order valence-electron chi connectivity index (χ0n) is 15.1. The number of fused-ring (bicyclic) bond motifs is 1. The summed E-state index contributed by atoms with van der Waals surface area (Å²) in [5.74, 6) is 0.870. The van der Waals surface area contributed by atoms with Gasteiger partial charge in [-0.15, -0.1) is 0 Å². The monoisotopic (exact) mass is 419 g/mol. The number of nitrogens with one attached hydrogen (secondary N) is 1. The van der Waals surface area contributed by atoms with Crippen molar-refractivity contribution >= 4 is 27.3 Å². The van der Waals surface area contributed by atoms with E-state index in [0.717, 1.165) is 12.1 Å². The second kappa shape index (κ2) is 7.33. The summed E-state index contributed by atoms with van der Waals surface area (Å²) in [7, 11) is -3.84. The number of carbonyl (C=O) groups excluding carboxylic acids is 1. The van der Waals surface area contributed by atoms with E-state index in [1.807, 2.05) is 0 Å². The highest BCUT2D eigenvalue weighted by Crippen LogP contribution is 2.37. The zero-order chi connectivity index (χ0) is 20.6. The number of non-ortho nitro benzene ring substituents is 1. The number of amides is 1. The number of ether oxygens (including phenoxy) is 2. The maximum Gasteiger partial charge on any atom is 0.269 e. The van der Waals surface area contributed by atoms with Gasteiger partial charge in [0.15, 0.2) is 11.5 Å². The Bertz CT molecular complexity index is 1070. The van der Waals surface area contributed by atoms with E-state index < -0.39 is 14.9 Å². The molecular weight excluding hydrogens is 402 g/mol. The van der Waals surface area contributed by atoms with Crippen LogP contribution in [0.25, 0.3) is 0 Å². The summed E-state index contributed by atoms with van der Waals surface area (Å²) in [4.78, 5) is 24.0. The average Bonchev–Trinajstić information content (AvgIpc) is 3.32. The molecule has 2 aliphatic heterocycles. The number of sulfonamides is 1. The smallest absolute Gasteiger partial charge is 0.269 e. The Morgan fingerprint density at radius 1 is 1.14 bits per heavy atom. The van der Waals surface area contributed by atoms with Gasteiger partial charge in [-0.2, -0.15) is 0 Å². The van der Waals surface area contributed by atoms with Crippen molar-refractivity contribution in [2.75, 3.05) is 24.8 Å². The van der Waals surface area contributed by atoms with Crippen LogP contribution in [0.1, 0.15) is 6.42 Å². The molecule has 1 fully saturated rings. The molecule has 152 valence electrons. The Hall–Kier alpha value is -3.18. The molecule has 10 nitrogen and oxygen atoms in total. The zero-order valence-corrected chi connectivity index (χ0v) is 15.9. The van der Waals surface area contributed by atoms with Gasteiger partial charge < -0.3 is 14.4 Å². The van der Waals surface area contributed by atoms with E-state index in [-0.39, 0.29) is 42.2 Å². The molecule has 11 heteroatoms. The molecule has 29 heavy (non-hydrogen) atoms. The number of carbonyl (C=O) groups is 1. The fraction of sp³-hybridized carbons (Fsp3) is 0.278. The van der Waals surface area contributed by atoms with Crippen LogP contribution < -0.4 is 19.1 Å². The van der Waals surface area contributed by atoms with Crippen LogP contribution in [0.5, 0.6) is 11.5 Å². The van der Waals surface area contributed by atoms with Gasteiger partial charge in [0, 0.05) is 43.4 Å². The van der Waals surface area contributed by atoms with Crippen LogP contribution in [0.4, 0.5) is 11.4 Å². The van der Waals surface area contributed by atoms with Crippen molar-refractivity contribution < 1.29 is 27.6 Å². The van der Waals surface area contributed by atoms with Crippen molar-refractivity contribution in [3.8, 4) is 11.5 Å². The van der Waals surface area contributed by atoms with Crippen LogP contribution >= 0.6 is 0 Å². The summed E-state index contributed by atoms with van der Waals surface area (Å²) in [6.07, 6.45) is 0.206. The number of benzene rings is 2. The Balaban J connectivity index is 1.40. The predicted molar refractivity (Wildman–Crippen MR) is 101 cm³/mol. The predicted octanol–water partition coefficient (Wildman–Crippen LogP) is 1.65. The minimum atomic E-state index is -3.84.